The number of amides is 1. The third-order valence-electron chi connectivity index (χ3n) is 3.48. The van der Waals surface area contributed by atoms with Crippen LogP contribution in [0.2, 0.25) is 0 Å². The Kier molecular flexibility index (Phi) is 5.33. The SMILES string of the molecule is O=C(NCCO)c1cccc(S(=O)(=O)NC2CCCC2)c1. The van der Waals surface area contributed by atoms with Crippen LogP contribution in [0.3, 0.4) is 0 Å². The molecule has 0 heterocycles. The van der Waals surface area contributed by atoms with E-state index in [1.807, 2.05) is 0 Å². The fourth-order valence-electron chi connectivity index (χ4n) is 2.41. The fraction of sp³-hybridized carbons (Fsp3) is 0.500. The average molecular weight is 312 g/mol. The van der Waals surface area contributed by atoms with Crippen molar-refractivity contribution in [2.24, 2.45) is 0 Å². The standard InChI is InChI=1S/C14H20N2O4S/c17-9-8-15-14(18)11-4-3-7-13(10-11)21(19,20)16-12-5-1-2-6-12/h3-4,7,10,12,16-17H,1-2,5-6,8-9H2,(H,15,18). The van der Waals surface area contributed by atoms with Gasteiger partial charge in [-0.05, 0) is 31.0 Å². The van der Waals surface area contributed by atoms with Crippen LogP contribution in [0.5, 0.6) is 0 Å². The quantitative estimate of drug-likeness (QED) is 0.718. The Morgan fingerprint density at radius 3 is 2.67 bits per heavy atom. The molecule has 1 aliphatic carbocycles. The molecule has 1 aliphatic rings. The molecule has 0 saturated heterocycles. The second kappa shape index (κ2) is 7.02. The predicted molar refractivity (Wildman–Crippen MR) is 78.4 cm³/mol. The number of rotatable bonds is 6. The van der Waals surface area contributed by atoms with Crippen LogP contribution in [-0.2, 0) is 10.0 Å². The molecule has 1 amide bonds. The second-order valence-electron chi connectivity index (χ2n) is 5.11. The monoisotopic (exact) mass is 312 g/mol. The van der Waals surface area contributed by atoms with Crippen LogP contribution in [-0.4, -0.2) is 38.6 Å². The Morgan fingerprint density at radius 2 is 2.00 bits per heavy atom. The minimum absolute atomic E-state index is 0.0122. The number of hydrogen-bond donors (Lipinski definition) is 3. The van der Waals surface area contributed by atoms with E-state index in [2.05, 4.69) is 10.0 Å². The van der Waals surface area contributed by atoms with Gasteiger partial charge in [-0.1, -0.05) is 18.9 Å². The lowest BCUT2D eigenvalue weighted by Crippen LogP contribution is -2.33. The van der Waals surface area contributed by atoms with E-state index in [1.54, 1.807) is 6.07 Å². The van der Waals surface area contributed by atoms with Gasteiger partial charge in [0.05, 0.1) is 11.5 Å². The van der Waals surface area contributed by atoms with Crippen LogP contribution in [0, 0.1) is 0 Å². The van der Waals surface area contributed by atoms with Crippen LogP contribution in [0.25, 0.3) is 0 Å². The molecule has 21 heavy (non-hydrogen) atoms. The maximum Gasteiger partial charge on any atom is 0.251 e. The van der Waals surface area contributed by atoms with Gasteiger partial charge < -0.3 is 10.4 Å². The molecular weight excluding hydrogens is 292 g/mol. The number of nitrogens with one attached hydrogen (secondary N) is 2. The molecule has 0 aromatic heterocycles. The van der Waals surface area contributed by atoms with Gasteiger partial charge in [-0.2, -0.15) is 0 Å². The van der Waals surface area contributed by atoms with E-state index in [4.69, 9.17) is 5.11 Å². The highest BCUT2D eigenvalue weighted by Gasteiger charge is 2.23. The summed E-state index contributed by atoms with van der Waals surface area (Å²) in [6, 6.07) is 5.89. The van der Waals surface area contributed by atoms with Crippen molar-refractivity contribution in [3.63, 3.8) is 0 Å². The van der Waals surface area contributed by atoms with Gasteiger partial charge in [0.1, 0.15) is 0 Å². The van der Waals surface area contributed by atoms with Crippen molar-refractivity contribution in [3.05, 3.63) is 29.8 Å². The predicted octanol–water partition coefficient (Wildman–Crippen LogP) is 0.630. The Balaban J connectivity index is 2.13. The summed E-state index contributed by atoms with van der Waals surface area (Å²) in [6.45, 7) is -0.0247. The maximum atomic E-state index is 12.3. The first-order valence-electron chi connectivity index (χ1n) is 7.04. The smallest absolute Gasteiger partial charge is 0.251 e. The summed E-state index contributed by atoms with van der Waals surface area (Å²) in [5.74, 6) is -0.401. The number of aliphatic hydroxyl groups is 1. The number of benzene rings is 1. The van der Waals surface area contributed by atoms with Crippen LogP contribution in [0.4, 0.5) is 0 Å². The summed E-state index contributed by atoms with van der Waals surface area (Å²) in [5, 5.41) is 11.2. The summed E-state index contributed by atoms with van der Waals surface area (Å²) >= 11 is 0. The van der Waals surface area contributed by atoms with Gasteiger partial charge in [0.15, 0.2) is 0 Å². The summed E-state index contributed by atoms with van der Waals surface area (Å²) in [4.78, 5) is 11.9. The van der Waals surface area contributed by atoms with Gasteiger partial charge in [-0.25, -0.2) is 13.1 Å². The van der Waals surface area contributed by atoms with Gasteiger partial charge >= 0.3 is 0 Å². The van der Waals surface area contributed by atoms with Gasteiger partial charge in [-0.3, -0.25) is 4.79 Å². The van der Waals surface area contributed by atoms with Crippen molar-refractivity contribution < 1.29 is 18.3 Å². The summed E-state index contributed by atoms with van der Waals surface area (Å²) < 4.78 is 27.3. The molecule has 6 nitrogen and oxygen atoms in total. The molecule has 0 spiro atoms. The number of carbonyl (C=O) groups is 1. The summed E-state index contributed by atoms with van der Waals surface area (Å²) in [6.07, 6.45) is 3.79. The van der Waals surface area contributed by atoms with Gasteiger partial charge in [0.25, 0.3) is 5.91 Å². The van der Waals surface area contributed by atoms with E-state index in [0.717, 1.165) is 25.7 Å². The zero-order chi connectivity index (χ0) is 15.3. The van der Waals surface area contributed by atoms with Crippen LogP contribution < -0.4 is 10.0 Å². The van der Waals surface area contributed by atoms with Gasteiger partial charge in [0, 0.05) is 18.2 Å². The molecule has 0 atom stereocenters. The van der Waals surface area contributed by atoms with E-state index in [-0.39, 0.29) is 29.7 Å². The number of aliphatic hydroxyl groups excluding tert-OH is 1. The molecular formula is C14H20N2O4S. The number of carbonyl (C=O) groups excluding carboxylic acids is 1. The molecule has 0 radical (unpaired) electrons. The normalized spacial score (nSPS) is 16.0. The van der Waals surface area contributed by atoms with Crippen LogP contribution in [0.15, 0.2) is 29.2 Å². The fourth-order valence-corrected chi connectivity index (χ4v) is 3.76. The van der Waals surface area contributed by atoms with Gasteiger partial charge in [-0.15, -0.1) is 0 Å². The maximum absolute atomic E-state index is 12.3. The molecule has 7 heteroatoms. The lowest BCUT2D eigenvalue weighted by molar-refractivity contribution is 0.0944. The highest BCUT2D eigenvalue weighted by Crippen LogP contribution is 2.20. The minimum Gasteiger partial charge on any atom is -0.395 e. The molecule has 2 rings (SSSR count). The van der Waals surface area contributed by atoms with Crippen molar-refractivity contribution in [1.29, 1.82) is 0 Å². The molecule has 1 aromatic carbocycles. The Bertz CT molecular complexity index is 595. The third-order valence-corrected chi connectivity index (χ3v) is 5.00. The first-order valence-corrected chi connectivity index (χ1v) is 8.53. The minimum atomic E-state index is -3.60. The van der Waals surface area contributed by atoms with Crippen molar-refractivity contribution in [2.75, 3.05) is 13.2 Å². The second-order valence-corrected chi connectivity index (χ2v) is 6.82. The lowest BCUT2D eigenvalue weighted by atomic mass is 10.2. The van der Waals surface area contributed by atoms with Crippen molar-refractivity contribution in [1.82, 2.24) is 10.0 Å². The number of hydrogen-bond acceptors (Lipinski definition) is 4. The van der Waals surface area contributed by atoms with Crippen molar-refractivity contribution in [2.45, 2.75) is 36.6 Å². The Labute approximate surface area is 124 Å². The van der Waals surface area contributed by atoms with E-state index < -0.39 is 15.9 Å². The number of sulfonamides is 1. The van der Waals surface area contributed by atoms with Crippen molar-refractivity contribution >= 4 is 15.9 Å². The zero-order valence-electron chi connectivity index (χ0n) is 11.7. The molecule has 0 bridgehead atoms. The van der Waals surface area contributed by atoms with Crippen LogP contribution >= 0.6 is 0 Å². The summed E-state index contributed by atoms with van der Waals surface area (Å²) in [5.41, 5.74) is 0.262. The molecule has 0 aliphatic heterocycles. The van der Waals surface area contributed by atoms with Crippen molar-refractivity contribution in [3.8, 4) is 0 Å². The third kappa shape index (κ3) is 4.26. The average Bonchev–Trinajstić information content (AvgIpc) is 2.97. The molecule has 1 fully saturated rings. The largest absolute Gasteiger partial charge is 0.395 e. The molecule has 116 valence electrons. The van der Waals surface area contributed by atoms with Crippen LogP contribution in [0.1, 0.15) is 36.0 Å². The van der Waals surface area contributed by atoms with E-state index >= 15 is 0 Å². The summed E-state index contributed by atoms with van der Waals surface area (Å²) in [7, 11) is -3.60. The molecule has 1 saturated carbocycles. The topological polar surface area (TPSA) is 95.5 Å². The van der Waals surface area contributed by atoms with E-state index in [9.17, 15) is 13.2 Å². The highest BCUT2D eigenvalue weighted by atomic mass is 32.2. The van der Waals surface area contributed by atoms with E-state index in [1.165, 1.54) is 18.2 Å². The Morgan fingerprint density at radius 1 is 1.29 bits per heavy atom. The van der Waals surface area contributed by atoms with Gasteiger partial charge in [0.2, 0.25) is 10.0 Å². The highest BCUT2D eigenvalue weighted by molar-refractivity contribution is 7.89. The molecule has 1 aromatic rings. The Hall–Kier alpha value is -1.44. The molecule has 0 unspecified atom stereocenters. The lowest BCUT2D eigenvalue weighted by Gasteiger charge is -2.13. The molecule has 3 N–H and O–H groups in total. The first-order chi connectivity index (χ1) is 10.0. The zero-order valence-corrected chi connectivity index (χ0v) is 12.5. The van der Waals surface area contributed by atoms with E-state index in [0.29, 0.717) is 0 Å². The first kappa shape index (κ1) is 15.9.